The van der Waals surface area contributed by atoms with Crippen molar-refractivity contribution < 1.29 is 5.11 Å². The average Bonchev–Trinajstić information content (AvgIpc) is 2.16. The van der Waals surface area contributed by atoms with Gasteiger partial charge in [-0.15, -0.1) is 0 Å². The SMILES string of the molecule is CC(O)Cn1ccc(=O)n(CCN)c1=O. The highest BCUT2D eigenvalue weighted by Gasteiger charge is 2.05. The van der Waals surface area contributed by atoms with Crippen LogP contribution in [0.2, 0.25) is 0 Å². The standard InChI is InChI=1S/C9H15N3O3/c1-7(13)6-11-4-2-8(14)12(5-3-10)9(11)15/h2,4,7,13H,3,5-6,10H2,1H3. The van der Waals surface area contributed by atoms with Crippen molar-refractivity contribution in [2.45, 2.75) is 26.1 Å². The maximum absolute atomic E-state index is 11.7. The first-order chi connectivity index (χ1) is 7.06. The van der Waals surface area contributed by atoms with Crippen LogP contribution in [-0.2, 0) is 13.1 Å². The van der Waals surface area contributed by atoms with Crippen molar-refractivity contribution in [3.63, 3.8) is 0 Å². The molecule has 1 aromatic rings. The molecule has 1 unspecified atom stereocenters. The molecule has 1 heterocycles. The Morgan fingerprint density at radius 3 is 2.73 bits per heavy atom. The monoisotopic (exact) mass is 213 g/mol. The lowest BCUT2D eigenvalue weighted by Gasteiger charge is -2.10. The molecule has 84 valence electrons. The molecule has 0 fully saturated rings. The molecular weight excluding hydrogens is 198 g/mol. The van der Waals surface area contributed by atoms with Crippen molar-refractivity contribution in [3.8, 4) is 0 Å². The van der Waals surface area contributed by atoms with Gasteiger partial charge in [-0.25, -0.2) is 4.79 Å². The Bertz CT molecular complexity index is 433. The smallest absolute Gasteiger partial charge is 0.331 e. The Balaban J connectivity index is 3.17. The number of nitrogens with two attached hydrogens (primary N) is 1. The quantitative estimate of drug-likeness (QED) is 0.627. The number of aliphatic hydroxyl groups excluding tert-OH is 1. The molecule has 0 spiro atoms. The van der Waals surface area contributed by atoms with Crippen molar-refractivity contribution in [1.29, 1.82) is 0 Å². The lowest BCUT2D eigenvalue weighted by Crippen LogP contribution is -2.41. The first kappa shape index (κ1) is 11.7. The number of nitrogens with zero attached hydrogens (tertiary/aromatic N) is 2. The third-order valence-corrected chi connectivity index (χ3v) is 1.95. The molecule has 6 nitrogen and oxygen atoms in total. The average molecular weight is 213 g/mol. The van der Waals surface area contributed by atoms with Crippen LogP contribution in [0.15, 0.2) is 21.9 Å². The zero-order chi connectivity index (χ0) is 11.4. The predicted molar refractivity (Wildman–Crippen MR) is 55.7 cm³/mol. The number of hydrogen-bond acceptors (Lipinski definition) is 4. The topological polar surface area (TPSA) is 90.2 Å². The van der Waals surface area contributed by atoms with E-state index in [0.29, 0.717) is 0 Å². The summed E-state index contributed by atoms with van der Waals surface area (Å²) in [4.78, 5) is 23.0. The van der Waals surface area contributed by atoms with Gasteiger partial charge >= 0.3 is 5.69 Å². The van der Waals surface area contributed by atoms with Gasteiger partial charge < -0.3 is 10.8 Å². The summed E-state index contributed by atoms with van der Waals surface area (Å²) >= 11 is 0. The minimum Gasteiger partial charge on any atom is -0.392 e. The number of aromatic nitrogens is 2. The maximum Gasteiger partial charge on any atom is 0.331 e. The molecule has 0 radical (unpaired) electrons. The molecule has 3 N–H and O–H groups in total. The van der Waals surface area contributed by atoms with Crippen LogP contribution in [0.5, 0.6) is 0 Å². The summed E-state index contributed by atoms with van der Waals surface area (Å²) in [5, 5.41) is 9.15. The summed E-state index contributed by atoms with van der Waals surface area (Å²) in [7, 11) is 0. The molecule has 1 rings (SSSR count). The lowest BCUT2D eigenvalue weighted by molar-refractivity contribution is 0.170. The van der Waals surface area contributed by atoms with E-state index in [1.54, 1.807) is 6.92 Å². The Kier molecular flexibility index (Phi) is 3.81. The van der Waals surface area contributed by atoms with Crippen molar-refractivity contribution in [2.75, 3.05) is 6.54 Å². The van der Waals surface area contributed by atoms with Gasteiger partial charge in [0.05, 0.1) is 12.6 Å². The fourth-order valence-corrected chi connectivity index (χ4v) is 1.32. The third kappa shape index (κ3) is 2.77. The van der Waals surface area contributed by atoms with Crippen LogP contribution in [0.25, 0.3) is 0 Å². The van der Waals surface area contributed by atoms with E-state index >= 15 is 0 Å². The fraction of sp³-hybridized carbons (Fsp3) is 0.556. The van der Waals surface area contributed by atoms with Crippen LogP contribution in [0, 0.1) is 0 Å². The Hall–Kier alpha value is -1.40. The van der Waals surface area contributed by atoms with Crippen molar-refractivity contribution in [1.82, 2.24) is 9.13 Å². The van der Waals surface area contributed by atoms with E-state index in [-0.39, 0.29) is 25.2 Å². The minimum absolute atomic E-state index is 0.170. The second-order valence-corrected chi connectivity index (χ2v) is 3.38. The van der Waals surface area contributed by atoms with E-state index in [0.717, 1.165) is 4.57 Å². The van der Waals surface area contributed by atoms with Gasteiger partial charge in [0.25, 0.3) is 5.56 Å². The van der Waals surface area contributed by atoms with E-state index in [9.17, 15) is 9.59 Å². The Morgan fingerprint density at radius 1 is 1.53 bits per heavy atom. The maximum atomic E-state index is 11.7. The molecule has 1 atom stereocenters. The summed E-state index contributed by atoms with van der Waals surface area (Å²) < 4.78 is 2.35. The summed E-state index contributed by atoms with van der Waals surface area (Å²) in [5.41, 5.74) is 4.49. The largest absolute Gasteiger partial charge is 0.392 e. The molecule has 0 aliphatic rings. The van der Waals surface area contributed by atoms with Gasteiger partial charge in [-0.1, -0.05) is 0 Å². The van der Waals surface area contributed by atoms with E-state index in [2.05, 4.69) is 0 Å². The summed E-state index contributed by atoms with van der Waals surface area (Å²) in [6.07, 6.45) is 0.747. The molecular formula is C9H15N3O3. The first-order valence-electron chi connectivity index (χ1n) is 4.74. The highest BCUT2D eigenvalue weighted by atomic mass is 16.3. The molecule has 0 amide bonds. The molecule has 0 saturated heterocycles. The number of aliphatic hydroxyl groups is 1. The van der Waals surface area contributed by atoms with Crippen LogP contribution >= 0.6 is 0 Å². The Labute approximate surface area is 86.6 Å². The second-order valence-electron chi connectivity index (χ2n) is 3.38. The fourth-order valence-electron chi connectivity index (χ4n) is 1.32. The molecule has 15 heavy (non-hydrogen) atoms. The molecule has 6 heteroatoms. The normalized spacial score (nSPS) is 12.7. The zero-order valence-corrected chi connectivity index (χ0v) is 8.59. The van der Waals surface area contributed by atoms with Crippen molar-refractivity contribution in [2.24, 2.45) is 5.73 Å². The van der Waals surface area contributed by atoms with E-state index < -0.39 is 11.8 Å². The number of hydrogen-bond donors (Lipinski definition) is 2. The van der Waals surface area contributed by atoms with E-state index in [1.807, 2.05) is 0 Å². The van der Waals surface area contributed by atoms with Gasteiger partial charge in [0, 0.05) is 25.4 Å². The summed E-state index contributed by atoms with van der Waals surface area (Å²) in [6, 6.07) is 1.29. The van der Waals surface area contributed by atoms with E-state index in [4.69, 9.17) is 10.8 Å². The van der Waals surface area contributed by atoms with Gasteiger partial charge in [-0.3, -0.25) is 13.9 Å². The van der Waals surface area contributed by atoms with Crippen LogP contribution in [-0.4, -0.2) is 26.9 Å². The van der Waals surface area contributed by atoms with Gasteiger partial charge in [0.15, 0.2) is 0 Å². The highest BCUT2D eigenvalue weighted by molar-refractivity contribution is 4.86. The lowest BCUT2D eigenvalue weighted by atomic mass is 10.4. The van der Waals surface area contributed by atoms with E-state index in [1.165, 1.54) is 16.8 Å². The van der Waals surface area contributed by atoms with Crippen LogP contribution in [0.4, 0.5) is 0 Å². The zero-order valence-electron chi connectivity index (χ0n) is 8.59. The minimum atomic E-state index is -0.633. The van der Waals surface area contributed by atoms with Gasteiger partial charge in [-0.05, 0) is 6.92 Å². The molecule has 0 bridgehead atoms. The van der Waals surface area contributed by atoms with Crippen LogP contribution in [0.1, 0.15) is 6.92 Å². The highest BCUT2D eigenvalue weighted by Crippen LogP contribution is 1.85. The number of rotatable bonds is 4. The van der Waals surface area contributed by atoms with Crippen LogP contribution in [0.3, 0.4) is 0 Å². The molecule has 0 aliphatic heterocycles. The third-order valence-electron chi connectivity index (χ3n) is 1.95. The first-order valence-corrected chi connectivity index (χ1v) is 4.74. The molecule has 0 aromatic carbocycles. The van der Waals surface area contributed by atoms with Gasteiger partial charge in [0.1, 0.15) is 0 Å². The van der Waals surface area contributed by atoms with Crippen molar-refractivity contribution >= 4 is 0 Å². The predicted octanol–water partition coefficient (Wildman–Crippen LogP) is -1.65. The van der Waals surface area contributed by atoms with Gasteiger partial charge in [0.2, 0.25) is 0 Å². The second kappa shape index (κ2) is 4.90. The molecule has 1 aromatic heterocycles. The van der Waals surface area contributed by atoms with Crippen molar-refractivity contribution in [3.05, 3.63) is 33.1 Å². The molecule has 0 aliphatic carbocycles. The van der Waals surface area contributed by atoms with Gasteiger partial charge in [-0.2, -0.15) is 0 Å². The summed E-state index contributed by atoms with van der Waals surface area (Å²) in [5.74, 6) is 0. The Morgan fingerprint density at radius 2 is 2.20 bits per heavy atom. The van der Waals surface area contributed by atoms with Crippen LogP contribution < -0.4 is 17.0 Å². The molecule has 0 saturated carbocycles. The summed E-state index contributed by atoms with van der Waals surface area (Å²) in [6.45, 7) is 2.17.